The van der Waals surface area contributed by atoms with Crippen LogP contribution in [0.5, 0.6) is 17.2 Å². The number of hydrazone groups is 1. The Labute approximate surface area is 134 Å². The van der Waals surface area contributed by atoms with Crippen molar-refractivity contribution in [3.05, 3.63) is 53.6 Å². The number of hydrogen-bond donors (Lipinski definition) is 1. The number of benzene rings is 2. The van der Waals surface area contributed by atoms with Gasteiger partial charge >= 0.3 is 0 Å². The lowest BCUT2D eigenvalue weighted by Gasteiger charge is -2.08. The second-order valence-electron chi connectivity index (χ2n) is 4.51. The summed E-state index contributed by atoms with van der Waals surface area (Å²) < 4.78 is 15.5. The molecular formula is C17H18N2O4. The Balaban J connectivity index is 2.09. The normalized spacial score (nSPS) is 10.4. The lowest BCUT2D eigenvalue weighted by Crippen LogP contribution is -2.17. The molecule has 23 heavy (non-hydrogen) atoms. The standard InChI is InChI=1S/C17H18N2O4/c1-21-14-7-5-4-6-13(14)11-18-19-17(20)12-8-9-15(22-2)16(10-12)23-3/h4-11H,1-3H3,(H,19,20)/b18-11-. The van der Waals surface area contributed by atoms with Crippen molar-refractivity contribution in [2.75, 3.05) is 21.3 Å². The zero-order chi connectivity index (χ0) is 16.7. The lowest BCUT2D eigenvalue weighted by atomic mass is 10.2. The minimum absolute atomic E-state index is 0.350. The molecule has 0 atom stereocenters. The predicted octanol–water partition coefficient (Wildman–Crippen LogP) is 2.48. The summed E-state index contributed by atoms with van der Waals surface area (Å²) in [5.74, 6) is 1.36. The molecule has 6 nitrogen and oxygen atoms in total. The Kier molecular flexibility index (Phi) is 5.57. The van der Waals surface area contributed by atoms with Gasteiger partial charge in [0.2, 0.25) is 0 Å². The van der Waals surface area contributed by atoms with Gasteiger partial charge in [0.25, 0.3) is 5.91 Å². The molecule has 1 amide bonds. The van der Waals surface area contributed by atoms with E-state index in [1.165, 1.54) is 20.4 Å². The first-order chi connectivity index (χ1) is 11.2. The molecule has 2 aromatic carbocycles. The van der Waals surface area contributed by atoms with Gasteiger partial charge in [-0.2, -0.15) is 5.10 Å². The molecule has 0 spiro atoms. The average molecular weight is 314 g/mol. The summed E-state index contributed by atoms with van der Waals surface area (Å²) in [4.78, 5) is 12.1. The van der Waals surface area contributed by atoms with E-state index in [1.54, 1.807) is 25.3 Å². The van der Waals surface area contributed by atoms with Crippen molar-refractivity contribution in [2.24, 2.45) is 5.10 Å². The van der Waals surface area contributed by atoms with Gasteiger partial charge in [-0.1, -0.05) is 12.1 Å². The van der Waals surface area contributed by atoms with E-state index < -0.39 is 0 Å². The molecule has 120 valence electrons. The second-order valence-corrected chi connectivity index (χ2v) is 4.51. The van der Waals surface area contributed by atoms with Crippen molar-refractivity contribution in [2.45, 2.75) is 0 Å². The molecule has 0 aliphatic rings. The molecule has 0 aliphatic carbocycles. The number of amides is 1. The van der Waals surface area contributed by atoms with E-state index in [0.717, 1.165) is 5.56 Å². The van der Waals surface area contributed by atoms with Crippen molar-refractivity contribution in [3.8, 4) is 17.2 Å². The molecular weight excluding hydrogens is 296 g/mol. The summed E-state index contributed by atoms with van der Waals surface area (Å²) in [6, 6.07) is 12.3. The molecule has 0 aromatic heterocycles. The number of para-hydroxylation sites is 1. The number of ether oxygens (including phenoxy) is 3. The first kappa shape index (κ1) is 16.4. The molecule has 2 rings (SSSR count). The Morgan fingerprint density at radius 2 is 1.65 bits per heavy atom. The zero-order valence-corrected chi connectivity index (χ0v) is 13.2. The average Bonchev–Trinajstić information content (AvgIpc) is 2.61. The van der Waals surface area contributed by atoms with E-state index in [2.05, 4.69) is 10.5 Å². The largest absolute Gasteiger partial charge is 0.496 e. The third kappa shape index (κ3) is 4.00. The molecule has 0 saturated heterocycles. The zero-order valence-electron chi connectivity index (χ0n) is 13.2. The van der Waals surface area contributed by atoms with E-state index in [1.807, 2.05) is 24.3 Å². The van der Waals surface area contributed by atoms with E-state index in [-0.39, 0.29) is 5.91 Å². The molecule has 0 saturated carbocycles. The maximum atomic E-state index is 12.1. The van der Waals surface area contributed by atoms with Crippen LogP contribution in [-0.2, 0) is 0 Å². The van der Waals surface area contributed by atoms with Crippen molar-refractivity contribution in [1.82, 2.24) is 5.43 Å². The quantitative estimate of drug-likeness (QED) is 0.657. The molecule has 0 heterocycles. The van der Waals surface area contributed by atoms with Crippen molar-refractivity contribution < 1.29 is 19.0 Å². The van der Waals surface area contributed by atoms with Crippen LogP contribution in [0.1, 0.15) is 15.9 Å². The van der Waals surface area contributed by atoms with E-state index in [9.17, 15) is 4.79 Å². The Morgan fingerprint density at radius 1 is 0.957 bits per heavy atom. The molecule has 0 unspecified atom stereocenters. The van der Waals surface area contributed by atoms with Crippen molar-refractivity contribution in [1.29, 1.82) is 0 Å². The Bertz CT molecular complexity index is 713. The number of nitrogens with one attached hydrogen (secondary N) is 1. The SMILES string of the molecule is COc1ccccc1/C=N\NC(=O)c1ccc(OC)c(OC)c1. The van der Waals surface area contributed by atoms with Gasteiger partial charge in [0.15, 0.2) is 11.5 Å². The van der Waals surface area contributed by atoms with E-state index in [0.29, 0.717) is 22.8 Å². The number of methoxy groups -OCH3 is 3. The van der Waals surface area contributed by atoms with Crippen LogP contribution >= 0.6 is 0 Å². The summed E-state index contributed by atoms with van der Waals surface area (Å²) in [5, 5.41) is 3.95. The number of rotatable bonds is 6. The number of carbonyl (C=O) groups excluding carboxylic acids is 1. The van der Waals surface area contributed by atoms with Crippen LogP contribution in [0.25, 0.3) is 0 Å². The Morgan fingerprint density at radius 3 is 2.35 bits per heavy atom. The van der Waals surface area contributed by atoms with Crippen LogP contribution in [0.4, 0.5) is 0 Å². The summed E-state index contributed by atoms with van der Waals surface area (Å²) in [6.45, 7) is 0. The number of nitrogens with zero attached hydrogens (tertiary/aromatic N) is 1. The maximum absolute atomic E-state index is 12.1. The van der Waals surface area contributed by atoms with Gasteiger partial charge in [0.1, 0.15) is 5.75 Å². The monoisotopic (exact) mass is 314 g/mol. The van der Waals surface area contributed by atoms with Crippen molar-refractivity contribution >= 4 is 12.1 Å². The molecule has 2 aromatic rings. The highest BCUT2D eigenvalue weighted by Crippen LogP contribution is 2.27. The third-order valence-corrected chi connectivity index (χ3v) is 3.15. The van der Waals surface area contributed by atoms with Gasteiger partial charge in [-0.15, -0.1) is 0 Å². The fraction of sp³-hybridized carbons (Fsp3) is 0.176. The topological polar surface area (TPSA) is 69.2 Å². The van der Waals surface area contributed by atoms with Gasteiger partial charge in [0.05, 0.1) is 27.5 Å². The highest BCUT2D eigenvalue weighted by Gasteiger charge is 2.10. The fourth-order valence-corrected chi connectivity index (χ4v) is 1.98. The maximum Gasteiger partial charge on any atom is 0.271 e. The van der Waals surface area contributed by atoms with Gasteiger partial charge in [-0.05, 0) is 30.3 Å². The first-order valence-electron chi connectivity index (χ1n) is 6.88. The number of carbonyl (C=O) groups is 1. The molecule has 6 heteroatoms. The smallest absolute Gasteiger partial charge is 0.271 e. The molecule has 0 radical (unpaired) electrons. The minimum atomic E-state index is -0.350. The van der Waals surface area contributed by atoms with Gasteiger partial charge in [0, 0.05) is 11.1 Å². The summed E-state index contributed by atoms with van der Waals surface area (Å²) in [5.41, 5.74) is 3.65. The van der Waals surface area contributed by atoms with Crippen LogP contribution in [0.15, 0.2) is 47.6 Å². The predicted molar refractivity (Wildman–Crippen MR) is 87.6 cm³/mol. The molecule has 0 bridgehead atoms. The highest BCUT2D eigenvalue weighted by atomic mass is 16.5. The third-order valence-electron chi connectivity index (χ3n) is 3.15. The van der Waals surface area contributed by atoms with Crippen LogP contribution in [0.2, 0.25) is 0 Å². The van der Waals surface area contributed by atoms with E-state index >= 15 is 0 Å². The van der Waals surface area contributed by atoms with Crippen LogP contribution in [-0.4, -0.2) is 33.5 Å². The summed E-state index contributed by atoms with van der Waals surface area (Å²) >= 11 is 0. The van der Waals surface area contributed by atoms with Gasteiger partial charge in [-0.3, -0.25) is 4.79 Å². The minimum Gasteiger partial charge on any atom is -0.496 e. The summed E-state index contributed by atoms with van der Waals surface area (Å²) in [7, 11) is 4.63. The van der Waals surface area contributed by atoms with Crippen LogP contribution in [0.3, 0.4) is 0 Å². The molecule has 0 fully saturated rings. The van der Waals surface area contributed by atoms with Crippen molar-refractivity contribution in [3.63, 3.8) is 0 Å². The first-order valence-corrected chi connectivity index (χ1v) is 6.88. The second kappa shape index (κ2) is 7.84. The van der Waals surface area contributed by atoms with Crippen LogP contribution < -0.4 is 19.6 Å². The van der Waals surface area contributed by atoms with E-state index in [4.69, 9.17) is 14.2 Å². The molecule has 1 N–H and O–H groups in total. The number of hydrogen-bond acceptors (Lipinski definition) is 5. The Hall–Kier alpha value is -3.02. The highest BCUT2D eigenvalue weighted by molar-refractivity contribution is 5.95. The van der Waals surface area contributed by atoms with Gasteiger partial charge in [-0.25, -0.2) is 5.43 Å². The summed E-state index contributed by atoms with van der Waals surface area (Å²) in [6.07, 6.45) is 1.53. The van der Waals surface area contributed by atoms with Gasteiger partial charge < -0.3 is 14.2 Å². The fourth-order valence-electron chi connectivity index (χ4n) is 1.98. The molecule has 0 aliphatic heterocycles. The lowest BCUT2D eigenvalue weighted by molar-refractivity contribution is 0.0954. The van der Waals surface area contributed by atoms with Crippen LogP contribution in [0, 0.1) is 0 Å².